The minimum Gasteiger partial charge on any atom is -0.396 e. The molecule has 0 aliphatic heterocycles. The lowest BCUT2D eigenvalue weighted by molar-refractivity contribution is 0.288. The first-order valence-electron chi connectivity index (χ1n) is 5.75. The molecular weight excluding hydrogens is 218 g/mol. The van der Waals surface area contributed by atoms with Crippen LogP contribution in [0.4, 0.5) is 0 Å². The summed E-state index contributed by atoms with van der Waals surface area (Å²) in [5.41, 5.74) is 0.930. The van der Waals surface area contributed by atoms with Gasteiger partial charge in [0.15, 0.2) is 0 Å². The molecule has 0 aliphatic rings. The molecule has 0 aliphatic carbocycles. The maximum absolute atomic E-state index is 8.73. The molecule has 1 N–H and O–H groups in total. The van der Waals surface area contributed by atoms with Crippen molar-refractivity contribution in [3.63, 3.8) is 0 Å². The zero-order chi connectivity index (χ0) is 12.1. The predicted octanol–water partition coefficient (Wildman–Crippen LogP) is 0.179. The number of hydrogen-bond donors (Lipinski definition) is 1. The van der Waals surface area contributed by atoms with E-state index in [4.69, 9.17) is 5.11 Å². The van der Waals surface area contributed by atoms with Crippen molar-refractivity contribution in [2.24, 2.45) is 7.05 Å². The Morgan fingerprint density at radius 3 is 2.94 bits per heavy atom. The molecule has 0 saturated heterocycles. The van der Waals surface area contributed by atoms with Gasteiger partial charge in [-0.2, -0.15) is 0 Å². The van der Waals surface area contributed by atoms with Crippen molar-refractivity contribution in [1.82, 2.24) is 24.5 Å². The molecule has 6 nitrogen and oxygen atoms in total. The SMILES string of the molecule is Cn1ccnc1CCn1cc(CCCO)nn1. The zero-order valence-electron chi connectivity index (χ0n) is 9.95. The summed E-state index contributed by atoms with van der Waals surface area (Å²) in [6, 6.07) is 0. The Balaban J connectivity index is 1.87. The van der Waals surface area contributed by atoms with Crippen LogP contribution in [0, 0.1) is 0 Å². The van der Waals surface area contributed by atoms with Gasteiger partial charge in [-0.25, -0.2) is 4.98 Å². The van der Waals surface area contributed by atoms with Crippen LogP contribution in [0.3, 0.4) is 0 Å². The number of hydrogen-bond acceptors (Lipinski definition) is 4. The van der Waals surface area contributed by atoms with Gasteiger partial charge >= 0.3 is 0 Å². The van der Waals surface area contributed by atoms with Crippen LogP contribution in [-0.2, 0) is 26.4 Å². The van der Waals surface area contributed by atoms with Gasteiger partial charge in [-0.15, -0.1) is 5.10 Å². The largest absolute Gasteiger partial charge is 0.396 e. The van der Waals surface area contributed by atoms with Gasteiger partial charge in [0.1, 0.15) is 5.82 Å². The van der Waals surface area contributed by atoms with Crippen LogP contribution in [0.15, 0.2) is 18.6 Å². The Hall–Kier alpha value is -1.69. The van der Waals surface area contributed by atoms with E-state index < -0.39 is 0 Å². The Labute approximate surface area is 99.9 Å². The maximum Gasteiger partial charge on any atom is 0.110 e. The van der Waals surface area contributed by atoms with Crippen LogP contribution in [0.1, 0.15) is 17.9 Å². The molecule has 0 saturated carbocycles. The Bertz CT molecular complexity index is 462. The van der Waals surface area contributed by atoms with Gasteiger partial charge in [0, 0.05) is 45.2 Å². The van der Waals surface area contributed by atoms with Crippen LogP contribution >= 0.6 is 0 Å². The summed E-state index contributed by atoms with van der Waals surface area (Å²) in [6.45, 7) is 0.969. The van der Waals surface area contributed by atoms with Crippen LogP contribution in [0.2, 0.25) is 0 Å². The average Bonchev–Trinajstić information content (AvgIpc) is 2.93. The van der Waals surface area contributed by atoms with Gasteiger partial charge in [-0.05, 0) is 12.8 Å². The van der Waals surface area contributed by atoms with Crippen molar-refractivity contribution in [3.8, 4) is 0 Å². The molecule has 0 radical (unpaired) electrons. The summed E-state index contributed by atoms with van der Waals surface area (Å²) in [5.74, 6) is 1.04. The molecule has 0 bridgehead atoms. The number of rotatable bonds is 6. The molecule has 92 valence electrons. The fraction of sp³-hybridized carbons (Fsp3) is 0.545. The lowest BCUT2D eigenvalue weighted by Gasteiger charge is -2.01. The number of aliphatic hydroxyl groups is 1. The first-order valence-corrected chi connectivity index (χ1v) is 5.75. The van der Waals surface area contributed by atoms with Crippen molar-refractivity contribution in [2.75, 3.05) is 6.61 Å². The van der Waals surface area contributed by atoms with Crippen molar-refractivity contribution < 1.29 is 5.11 Å². The molecule has 0 unspecified atom stereocenters. The number of nitrogens with zero attached hydrogens (tertiary/aromatic N) is 5. The summed E-state index contributed by atoms with van der Waals surface area (Å²) in [6.07, 6.45) is 8.01. The van der Waals surface area contributed by atoms with Gasteiger partial charge in [0.25, 0.3) is 0 Å². The van der Waals surface area contributed by atoms with Crippen molar-refractivity contribution >= 4 is 0 Å². The van der Waals surface area contributed by atoms with Gasteiger partial charge < -0.3 is 9.67 Å². The third kappa shape index (κ3) is 3.13. The minimum atomic E-state index is 0.195. The first-order chi connectivity index (χ1) is 8.29. The minimum absolute atomic E-state index is 0.195. The van der Waals surface area contributed by atoms with E-state index in [0.717, 1.165) is 37.3 Å². The molecule has 0 aromatic carbocycles. The Kier molecular flexibility index (Phi) is 3.87. The second-order valence-corrected chi connectivity index (χ2v) is 4.00. The molecule has 0 atom stereocenters. The molecular formula is C11H17N5O. The quantitative estimate of drug-likeness (QED) is 0.775. The predicted molar refractivity (Wildman–Crippen MR) is 62.3 cm³/mol. The highest BCUT2D eigenvalue weighted by molar-refractivity contribution is 4.94. The number of aliphatic hydroxyl groups excluding tert-OH is 1. The first kappa shape index (κ1) is 11.8. The van der Waals surface area contributed by atoms with E-state index in [1.165, 1.54) is 0 Å². The highest BCUT2D eigenvalue weighted by Crippen LogP contribution is 2.01. The second-order valence-electron chi connectivity index (χ2n) is 4.00. The van der Waals surface area contributed by atoms with Gasteiger partial charge in [0.2, 0.25) is 0 Å². The molecule has 6 heteroatoms. The molecule has 0 amide bonds. The van der Waals surface area contributed by atoms with Crippen molar-refractivity contribution in [2.45, 2.75) is 25.8 Å². The highest BCUT2D eigenvalue weighted by Gasteiger charge is 2.03. The highest BCUT2D eigenvalue weighted by atomic mass is 16.2. The summed E-state index contributed by atoms with van der Waals surface area (Å²) in [5, 5.41) is 16.8. The molecule has 0 spiro atoms. The number of aryl methyl sites for hydroxylation is 4. The maximum atomic E-state index is 8.73. The normalized spacial score (nSPS) is 10.9. The van der Waals surface area contributed by atoms with Gasteiger partial charge in [0.05, 0.1) is 5.69 Å². The van der Waals surface area contributed by atoms with Crippen LogP contribution in [0.25, 0.3) is 0 Å². The summed E-state index contributed by atoms with van der Waals surface area (Å²) < 4.78 is 3.82. The lowest BCUT2D eigenvalue weighted by Crippen LogP contribution is -2.06. The van der Waals surface area contributed by atoms with Gasteiger partial charge in [-0.3, -0.25) is 4.68 Å². The fourth-order valence-electron chi connectivity index (χ4n) is 1.67. The second kappa shape index (κ2) is 5.58. The van der Waals surface area contributed by atoms with E-state index in [1.807, 2.05) is 28.7 Å². The third-order valence-electron chi connectivity index (χ3n) is 2.66. The Morgan fingerprint density at radius 2 is 2.24 bits per heavy atom. The fourth-order valence-corrected chi connectivity index (χ4v) is 1.67. The lowest BCUT2D eigenvalue weighted by atomic mass is 10.2. The third-order valence-corrected chi connectivity index (χ3v) is 2.66. The van der Waals surface area contributed by atoms with E-state index in [9.17, 15) is 0 Å². The van der Waals surface area contributed by atoms with E-state index in [1.54, 1.807) is 6.20 Å². The summed E-state index contributed by atoms with van der Waals surface area (Å²) in [4.78, 5) is 4.26. The molecule has 17 heavy (non-hydrogen) atoms. The van der Waals surface area contributed by atoms with Crippen LogP contribution in [-0.4, -0.2) is 36.3 Å². The van der Waals surface area contributed by atoms with Crippen molar-refractivity contribution in [3.05, 3.63) is 30.1 Å². The summed E-state index contributed by atoms with van der Waals surface area (Å²) in [7, 11) is 1.98. The molecule has 2 aromatic rings. The Morgan fingerprint density at radius 1 is 1.35 bits per heavy atom. The van der Waals surface area contributed by atoms with E-state index in [2.05, 4.69) is 15.3 Å². The molecule has 2 rings (SSSR count). The zero-order valence-corrected chi connectivity index (χ0v) is 9.95. The van der Waals surface area contributed by atoms with E-state index in [-0.39, 0.29) is 6.61 Å². The van der Waals surface area contributed by atoms with E-state index in [0.29, 0.717) is 0 Å². The average molecular weight is 235 g/mol. The van der Waals surface area contributed by atoms with Crippen LogP contribution in [0.5, 0.6) is 0 Å². The standard InChI is InChI=1S/C11H17N5O/c1-15-7-5-12-11(15)4-6-16-9-10(13-14-16)3-2-8-17/h5,7,9,17H,2-4,6,8H2,1H3. The molecule has 2 aromatic heterocycles. The number of aromatic nitrogens is 5. The molecule has 0 fully saturated rings. The monoisotopic (exact) mass is 235 g/mol. The van der Waals surface area contributed by atoms with Crippen LogP contribution < -0.4 is 0 Å². The smallest absolute Gasteiger partial charge is 0.110 e. The van der Waals surface area contributed by atoms with E-state index >= 15 is 0 Å². The number of imidazole rings is 1. The van der Waals surface area contributed by atoms with Crippen molar-refractivity contribution in [1.29, 1.82) is 0 Å². The van der Waals surface area contributed by atoms with Gasteiger partial charge in [-0.1, -0.05) is 5.21 Å². The topological polar surface area (TPSA) is 68.8 Å². The molecule has 2 heterocycles. The summed E-state index contributed by atoms with van der Waals surface area (Å²) >= 11 is 0.